The highest BCUT2D eigenvalue weighted by molar-refractivity contribution is 8.01. The zero-order valence-electron chi connectivity index (χ0n) is 83.3. The lowest BCUT2D eigenvalue weighted by Gasteiger charge is -2.38. The summed E-state index contributed by atoms with van der Waals surface area (Å²) in [4.78, 5) is 20.4. The Kier molecular flexibility index (Phi) is 30.1. The molecule has 7 aliphatic carbocycles. The molecule has 6 nitrogen and oxygen atoms in total. The maximum absolute atomic E-state index is 13.7. The number of carbonyl (C=O) groups excluding carboxylic acids is 1. The summed E-state index contributed by atoms with van der Waals surface area (Å²) in [6.45, 7) is 64.5. The SMILES string of the molecule is CC(C)c1ccc(C(C)C)c2c1CC1(C2)OCCO1.CC(C)c1ccc(C(C)C)c2c1CC1(CCC1)C2.CC(C)c1ccc(C(C)C)c2c1CC1(CCCC1)S2.CC(C)c1ccc(C(C)C)c2c1CC1(CCN(C)CC1)C2.CC(C)c1ccc(C(C)C)c2c1CC1(CCN(Cc3ccccc3)CC1)C2=O.CC(C)c1ccc(C(C)C)c2c1CC1(CCOCC1)C2. The van der Waals surface area contributed by atoms with E-state index in [2.05, 4.69) is 298 Å². The molecule has 5 heterocycles. The molecule has 4 saturated heterocycles. The van der Waals surface area contributed by atoms with Crippen LogP contribution in [0.2, 0.25) is 0 Å². The van der Waals surface area contributed by atoms with Gasteiger partial charge in [-0.3, -0.25) is 9.69 Å². The minimum atomic E-state index is -0.350. The van der Waals surface area contributed by atoms with E-state index in [1.54, 1.807) is 88.3 Å². The molecular formula is C118H168N2O4S. The zero-order chi connectivity index (χ0) is 89.6. The first-order valence-electron chi connectivity index (χ1n) is 50.9. The minimum absolute atomic E-state index is 0.163. The number of ketones is 1. The van der Waals surface area contributed by atoms with Crippen LogP contribution in [0.4, 0.5) is 0 Å². The molecule has 0 radical (unpaired) electrons. The summed E-state index contributed by atoms with van der Waals surface area (Å²) in [5, 5.41) is 0. The molecule has 7 aromatic carbocycles. The van der Waals surface area contributed by atoms with E-state index in [9.17, 15) is 4.79 Å². The van der Waals surface area contributed by atoms with Crippen molar-refractivity contribution in [1.29, 1.82) is 0 Å². The van der Waals surface area contributed by atoms with Crippen molar-refractivity contribution in [3.05, 3.63) is 237 Å². The van der Waals surface area contributed by atoms with E-state index >= 15 is 0 Å². The molecule has 0 bridgehead atoms. The number of hydrogen-bond donors (Lipinski definition) is 0. The molecular weight excluding hydrogens is 1540 g/mol. The van der Waals surface area contributed by atoms with E-state index in [-0.39, 0.29) is 11.2 Å². The molecule has 0 amide bonds. The van der Waals surface area contributed by atoms with Gasteiger partial charge in [0.05, 0.1) is 13.2 Å². The predicted molar refractivity (Wildman–Crippen MR) is 532 cm³/mol. The Morgan fingerprint density at radius 3 is 0.976 bits per heavy atom. The Balaban J connectivity index is 0.000000123. The number of hydrogen-bond acceptors (Lipinski definition) is 7. The second-order valence-corrected chi connectivity index (χ2v) is 47.3. The average Bonchev–Trinajstić information content (AvgIpc) is 1.58. The second kappa shape index (κ2) is 39.4. The fraction of sp³-hybridized carbons (Fsp3) is 0.636. The van der Waals surface area contributed by atoms with Crippen molar-refractivity contribution in [1.82, 2.24) is 9.80 Å². The highest BCUT2D eigenvalue weighted by Crippen LogP contribution is 2.59. The summed E-state index contributed by atoms with van der Waals surface area (Å²) < 4.78 is 18.0. The summed E-state index contributed by atoms with van der Waals surface area (Å²) in [7, 11) is 2.27. The van der Waals surface area contributed by atoms with Crippen LogP contribution in [-0.4, -0.2) is 85.8 Å². The number of benzene rings is 7. The van der Waals surface area contributed by atoms with Gasteiger partial charge in [0, 0.05) is 53.2 Å². The minimum Gasteiger partial charge on any atom is -0.381 e. The quantitative estimate of drug-likeness (QED) is 0.108. The standard InChI is InChI=1S/C26H33NO.C20H31N.C19H28O.C18H26S.C18H26.C17H24O2/c1-18(2)21-10-11-22(19(3)4)24-23(21)16-26(25(24)28)12-14-27(15-13-26)17-20-8-6-5-7-9-20;1-14(2)16-6-7-17(15(3)4)19-13-20(12-18(16)19)8-10-21(5)11-9-20;1-13(2)15-5-6-16(14(3)4)18-12-19(11-17(15)18)7-9-20-10-8-19;1-12(2)14-7-8-15(13(3)4)17-16(14)11-18(19-17)9-5-6-10-18;1-12(2)14-6-7-15(13(3)4)17-11-18(8-5-9-18)10-16(14)17;1-11(2)13-5-6-14(12(3)4)16-10-17(9-15(13)16)18-7-8-19-17/h5-11,18-19H,12-17H2,1-4H3;6-7,14-15H,8-13H2,1-5H3;5-6,13-14H,7-12H2,1-4H3;7-8,12-13H,5-6,9-11H2,1-4H3;6-7,12-13H,5,8-11H2,1-4H3;5-6,11-12H,7-10H2,1-4H3. The largest absolute Gasteiger partial charge is 0.381 e. The van der Waals surface area contributed by atoms with Crippen molar-refractivity contribution < 1.29 is 19.0 Å². The first-order chi connectivity index (χ1) is 59.4. The van der Waals surface area contributed by atoms with Crippen molar-refractivity contribution in [3.8, 4) is 0 Å². The average molecular weight is 1710 g/mol. The van der Waals surface area contributed by atoms with Crippen LogP contribution in [-0.2, 0) is 85.0 Å². The topological polar surface area (TPSA) is 51.2 Å². The molecule has 6 spiro atoms. The van der Waals surface area contributed by atoms with Crippen LogP contribution >= 0.6 is 11.8 Å². The summed E-state index contributed by atoms with van der Waals surface area (Å²) in [6.07, 6.45) is 29.5. The van der Waals surface area contributed by atoms with Gasteiger partial charge in [-0.05, 0) is 364 Å². The molecule has 0 N–H and O–H groups in total. The van der Waals surface area contributed by atoms with Crippen molar-refractivity contribution in [2.75, 3.05) is 59.7 Å². The summed E-state index contributed by atoms with van der Waals surface area (Å²) in [5.74, 6) is 7.32. The maximum Gasteiger partial charge on any atom is 0.176 e. The lowest BCUT2D eigenvalue weighted by molar-refractivity contribution is -0.147. The molecule has 7 heteroatoms. The van der Waals surface area contributed by atoms with E-state index < -0.39 is 0 Å². The van der Waals surface area contributed by atoms with Crippen molar-refractivity contribution >= 4 is 17.5 Å². The molecule has 0 unspecified atom stereocenters. The molecule has 7 aromatic rings. The van der Waals surface area contributed by atoms with Gasteiger partial charge in [0.25, 0.3) is 0 Å². The Labute approximate surface area is 766 Å². The predicted octanol–water partition coefficient (Wildman–Crippen LogP) is 30.4. The Morgan fingerprint density at radius 1 is 0.304 bits per heavy atom. The van der Waals surface area contributed by atoms with Crippen LogP contribution in [0.25, 0.3) is 0 Å². The van der Waals surface area contributed by atoms with Crippen molar-refractivity contribution in [2.45, 2.75) is 407 Å². The Bertz CT molecular complexity index is 4580. The third-order valence-electron chi connectivity index (χ3n) is 32.8. The van der Waals surface area contributed by atoms with Gasteiger partial charge in [0.1, 0.15) is 0 Å². The molecule has 6 fully saturated rings. The number of rotatable bonds is 14. The molecule has 0 atom stereocenters. The highest BCUT2D eigenvalue weighted by atomic mass is 32.2. The van der Waals surface area contributed by atoms with Crippen LogP contribution in [0, 0.1) is 21.7 Å². The molecule has 5 aliphatic heterocycles. The van der Waals surface area contributed by atoms with Gasteiger partial charge < -0.3 is 19.1 Å². The number of Topliss-reactive ketones (excluding diaryl/α,β-unsaturated/α-hetero) is 1. The fourth-order valence-corrected chi connectivity index (χ4v) is 27.2. The smallest absolute Gasteiger partial charge is 0.176 e. The first-order valence-corrected chi connectivity index (χ1v) is 51.7. The lowest BCUT2D eigenvalue weighted by Crippen LogP contribution is -2.43. The molecule has 12 aliphatic rings. The monoisotopic (exact) mass is 1710 g/mol. The third kappa shape index (κ3) is 20.2. The number of fused-ring (bicyclic) bond motifs is 6. The highest BCUT2D eigenvalue weighted by Gasteiger charge is 2.51. The van der Waals surface area contributed by atoms with Gasteiger partial charge in [-0.1, -0.05) is 289 Å². The van der Waals surface area contributed by atoms with Gasteiger partial charge in [-0.15, -0.1) is 11.8 Å². The van der Waals surface area contributed by atoms with E-state index in [1.807, 2.05) is 0 Å². The molecule has 19 rings (SSSR count). The van der Waals surface area contributed by atoms with E-state index in [0.717, 1.165) is 83.7 Å². The van der Waals surface area contributed by atoms with E-state index in [4.69, 9.17) is 14.2 Å². The van der Waals surface area contributed by atoms with Crippen LogP contribution in [0.3, 0.4) is 0 Å². The molecule has 680 valence electrons. The van der Waals surface area contributed by atoms with Gasteiger partial charge in [-0.25, -0.2) is 0 Å². The number of piperidine rings is 2. The summed E-state index contributed by atoms with van der Waals surface area (Å²) in [5.41, 5.74) is 38.8. The molecule has 125 heavy (non-hydrogen) atoms. The van der Waals surface area contributed by atoms with Crippen LogP contribution in [0.5, 0.6) is 0 Å². The van der Waals surface area contributed by atoms with Gasteiger partial charge >= 0.3 is 0 Å². The van der Waals surface area contributed by atoms with Gasteiger partial charge in [0.15, 0.2) is 11.6 Å². The van der Waals surface area contributed by atoms with Crippen molar-refractivity contribution in [3.63, 3.8) is 0 Å². The van der Waals surface area contributed by atoms with Crippen molar-refractivity contribution in [2.24, 2.45) is 21.7 Å². The van der Waals surface area contributed by atoms with Gasteiger partial charge in [-0.2, -0.15) is 0 Å². The maximum atomic E-state index is 13.7. The van der Waals surface area contributed by atoms with Gasteiger partial charge in [0.2, 0.25) is 0 Å². The van der Waals surface area contributed by atoms with E-state index in [1.165, 1.54) is 173 Å². The fourth-order valence-electron chi connectivity index (χ4n) is 25.4. The Hall–Kier alpha value is -5.64. The first kappa shape index (κ1) is 95.4. The lowest BCUT2D eigenvalue weighted by atomic mass is 9.66. The number of nitrogens with zero attached hydrogens (tertiary/aromatic N) is 2. The summed E-state index contributed by atoms with van der Waals surface area (Å²) >= 11 is 2.23. The number of likely N-dealkylation sites (tertiary alicyclic amines) is 2. The summed E-state index contributed by atoms with van der Waals surface area (Å²) in [6, 6.07) is 39.1. The number of carbonyl (C=O) groups is 1. The van der Waals surface area contributed by atoms with E-state index in [0.29, 0.717) is 97.8 Å². The second-order valence-electron chi connectivity index (χ2n) is 45.8. The third-order valence-corrected chi connectivity index (χ3v) is 34.5. The number of thioether (sulfide) groups is 1. The van der Waals surface area contributed by atoms with Crippen LogP contribution in [0.15, 0.2) is 108 Å². The van der Waals surface area contributed by atoms with Crippen LogP contribution in [0.1, 0.15) is 459 Å². The number of ether oxygens (including phenoxy) is 3. The Morgan fingerprint density at radius 2 is 0.624 bits per heavy atom. The molecule has 2 saturated carbocycles. The normalized spacial score (nSPS) is 20.5. The zero-order valence-corrected chi connectivity index (χ0v) is 84.1. The van der Waals surface area contributed by atoms with Crippen LogP contribution < -0.4 is 0 Å². The molecule has 0 aromatic heterocycles.